The zero-order chi connectivity index (χ0) is 13.6. The predicted molar refractivity (Wildman–Crippen MR) is 67.6 cm³/mol. The van der Waals surface area contributed by atoms with E-state index in [1.54, 1.807) is 13.8 Å². The number of carbonyl (C=O) groups is 1. The van der Waals surface area contributed by atoms with Crippen LogP contribution in [0.2, 0.25) is 0 Å². The largest absolute Gasteiger partial charge is 0.468 e. The van der Waals surface area contributed by atoms with Crippen molar-refractivity contribution in [1.82, 2.24) is 5.32 Å². The molecule has 0 saturated heterocycles. The number of nitrogens with one attached hydrogen (secondary N) is 1. The fourth-order valence-corrected chi connectivity index (χ4v) is 2.18. The van der Waals surface area contributed by atoms with E-state index in [4.69, 9.17) is 0 Å². The second-order valence-corrected chi connectivity index (χ2v) is 7.29. The first-order valence-corrected chi connectivity index (χ1v) is 7.46. The third-order valence-electron chi connectivity index (χ3n) is 2.59. The summed E-state index contributed by atoms with van der Waals surface area (Å²) in [5.41, 5.74) is 0. The Bertz CT molecular complexity index is 335. The van der Waals surface area contributed by atoms with E-state index in [1.807, 2.05) is 13.8 Å². The molecule has 0 aromatic rings. The molecule has 1 atom stereocenters. The maximum absolute atomic E-state index is 11.6. The Morgan fingerprint density at radius 2 is 1.76 bits per heavy atom. The van der Waals surface area contributed by atoms with Gasteiger partial charge in [0.25, 0.3) is 0 Å². The highest BCUT2D eigenvalue weighted by Crippen LogP contribution is 2.04. The summed E-state index contributed by atoms with van der Waals surface area (Å²) in [5.74, 6) is -0.267. The van der Waals surface area contributed by atoms with Gasteiger partial charge in [0, 0.05) is 6.54 Å². The van der Waals surface area contributed by atoms with Crippen LogP contribution < -0.4 is 5.32 Å². The standard InChI is InChI=1S/C11H23NO4S/c1-8(2)10(11(13)16-5)12-6-7-17(14,15)9(3)4/h8-10,12H,6-7H2,1-5H3. The number of sulfone groups is 1. The second-order valence-electron chi connectivity index (χ2n) is 4.61. The Balaban J connectivity index is 4.30. The molecule has 0 rings (SSSR count). The highest BCUT2D eigenvalue weighted by atomic mass is 32.2. The van der Waals surface area contributed by atoms with Crippen LogP contribution >= 0.6 is 0 Å². The molecule has 1 unspecified atom stereocenters. The van der Waals surface area contributed by atoms with Crippen LogP contribution in [0.5, 0.6) is 0 Å². The molecule has 0 bridgehead atoms. The quantitative estimate of drug-likeness (QED) is 0.682. The first-order valence-electron chi connectivity index (χ1n) is 5.75. The van der Waals surface area contributed by atoms with Gasteiger partial charge in [-0.2, -0.15) is 0 Å². The molecule has 0 aliphatic rings. The minimum Gasteiger partial charge on any atom is -0.468 e. The second kappa shape index (κ2) is 6.96. The number of esters is 1. The van der Waals surface area contributed by atoms with Crippen LogP contribution in [0, 0.1) is 5.92 Å². The van der Waals surface area contributed by atoms with Crippen LogP contribution in [-0.4, -0.2) is 45.1 Å². The van der Waals surface area contributed by atoms with Crippen LogP contribution in [0.25, 0.3) is 0 Å². The van der Waals surface area contributed by atoms with Crippen molar-refractivity contribution in [1.29, 1.82) is 0 Å². The molecule has 0 heterocycles. The normalized spacial score (nSPS) is 14.1. The molecule has 0 spiro atoms. The van der Waals surface area contributed by atoms with Crippen molar-refractivity contribution in [3.05, 3.63) is 0 Å². The fourth-order valence-electron chi connectivity index (χ4n) is 1.31. The van der Waals surface area contributed by atoms with E-state index in [0.717, 1.165) is 0 Å². The van der Waals surface area contributed by atoms with Crippen LogP contribution in [0.4, 0.5) is 0 Å². The van der Waals surface area contributed by atoms with Gasteiger partial charge in [-0.15, -0.1) is 0 Å². The van der Waals surface area contributed by atoms with Gasteiger partial charge < -0.3 is 10.1 Å². The van der Waals surface area contributed by atoms with Crippen LogP contribution in [-0.2, 0) is 19.4 Å². The number of hydrogen-bond donors (Lipinski definition) is 1. The number of methoxy groups -OCH3 is 1. The van der Waals surface area contributed by atoms with Gasteiger partial charge in [-0.05, 0) is 19.8 Å². The van der Waals surface area contributed by atoms with Crippen molar-refractivity contribution < 1.29 is 17.9 Å². The third-order valence-corrected chi connectivity index (χ3v) is 4.80. The molecule has 1 N–H and O–H groups in total. The van der Waals surface area contributed by atoms with Gasteiger partial charge in [0.2, 0.25) is 0 Å². The third kappa shape index (κ3) is 5.50. The molecule has 102 valence electrons. The van der Waals surface area contributed by atoms with E-state index < -0.39 is 15.9 Å². The Hall–Kier alpha value is -0.620. The molecule has 0 fully saturated rings. The highest BCUT2D eigenvalue weighted by molar-refractivity contribution is 7.92. The Labute approximate surface area is 104 Å². The van der Waals surface area contributed by atoms with Crippen LogP contribution in [0.1, 0.15) is 27.7 Å². The van der Waals surface area contributed by atoms with E-state index in [-0.39, 0.29) is 29.4 Å². The maximum atomic E-state index is 11.6. The molecule has 0 aliphatic carbocycles. The van der Waals surface area contributed by atoms with Gasteiger partial charge in [0.1, 0.15) is 6.04 Å². The average Bonchev–Trinajstić information content (AvgIpc) is 2.22. The SMILES string of the molecule is COC(=O)C(NCCS(=O)(=O)C(C)C)C(C)C. The molecular formula is C11H23NO4S. The van der Waals surface area contributed by atoms with Gasteiger partial charge in [-0.3, -0.25) is 4.79 Å². The van der Waals surface area contributed by atoms with Gasteiger partial charge in [-0.1, -0.05) is 13.8 Å². The maximum Gasteiger partial charge on any atom is 0.323 e. The molecule has 17 heavy (non-hydrogen) atoms. The number of ether oxygens (including phenoxy) is 1. The lowest BCUT2D eigenvalue weighted by molar-refractivity contribution is -0.144. The topological polar surface area (TPSA) is 72.5 Å². The zero-order valence-corrected chi connectivity index (χ0v) is 12.0. The monoisotopic (exact) mass is 265 g/mol. The minimum absolute atomic E-state index is 0.0326. The van der Waals surface area contributed by atoms with Gasteiger partial charge >= 0.3 is 5.97 Å². The van der Waals surface area contributed by atoms with Crippen molar-refractivity contribution in [2.75, 3.05) is 19.4 Å². The molecule has 0 aromatic carbocycles. The summed E-state index contributed by atoms with van der Waals surface area (Å²) in [4.78, 5) is 11.4. The smallest absolute Gasteiger partial charge is 0.323 e. The molecule has 0 aromatic heterocycles. The van der Waals surface area contributed by atoms with Gasteiger partial charge in [0.15, 0.2) is 9.84 Å². The molecule has 5 nitrogen and oxygen atoms in total. The zero-order valence-electron chi connectivity index (χ0n) is 11.2. The van der Waals surface area contributed by atoms with Crippen LogP contribution in [0.3, 0.4) is 0 Å². The Morgan fingerprint density at radius 3 is 2.12 bits per heavy atom. The molecule has 0 radical (unpaired) electrons. The number of carbonyl (C=O) groups excluding carboxylic acids is 1. The van der Waals surface area contributed by atoms with E-state index >= 15 is 0 Å². The molecule has 0 amide bonds. The Morgan fingerprint density at radius 1 is 1.24 bits per heavy atom. The molecular weight excluding hydrogens is 242 g/mol. The summed E-state index contributed by atoms with van der Waals surface area (Å²) in [5, 5.41) is 2.54. The van der Waals surface area contributed by atoms with Crippen molar-refractivity contribution in [3.8, 4) is 0 Å². The number of rotatable bonds is 7. The van der Waals surface area contributed by atoms with E-state index in [1.165, 1.54) is 7.11 Å². The summed E-state index contributed by atoms with van der Waals surface area (Å²) >= 11 is 0. The fraction of sp³-hybridized carbons (Fsp3) is 0.909. The Kier molecular flexibility index (Phi) is 6.70. The molecule has 6 heteroatoms. The summed E-state index contributed by atoms with van der Waals surface area (Å²) in [6.45, 7) is 7.32. The lowest BCUT2D eigenvalue weighted by atomic mass is 10.1. The van der Waals surface area contributed by atoms with Crippen molar-refractivity contribution in [3.63, 3.8) is 0 Å². The van der Waals surface area contributed by atoms with Gasteiger partial charge in [0.05, 0.1) is 18.1 Å². The lowest BCUT2D eigenvalue weighted by Crippen LogP contribution is -2.44. The lowest BCUT2D eigenvalue weighted by Gasteiger charge is -2.20. The van der Waals surface area contributed by atoms with Crippen molar-refractivity contribution >= 4 is 15.8 Å². The molecule has 0 saturated carbocycles. The first-order chi connectivity index (χ1) is 7.72. The summed E-state index contributed by atoms with van der Waals surface area (Å²) < 4.78 is 27.8. The van der Waals surface area contributed by atoms with Crippen molar-refractivity contribution in [2.45, 2.75) is 39.0 Å². The summed E-state index contributed by atoms with van der Waals surface area (Å²) in [6.07, 6.45) is 0. The van der Waals surface area contributed by atoms with Gasteiger partial charge in [-0.25, -0.2) is 8.42 Å². The number of hydrogen-bond acceptors (Lipinski definition) is 5. The highest BCUT2D eigenvalue weighted by Gasteiger charge is 2.23. The average molecular weight is 265 g/mol. The summed E-state index contributed by atoms with van der Waals surface area (Å²) in [6, 6.07) is -0.456. The molecule has 0 aliphatic heterocycles. The van der Waals surface area contributed by atoms with E-state index in [9.17, 15) is 13.2 Å². The predicted octanol–water partition coefficient (Wildman–Crippen LogP) is 0.597. The minimum atomic E-state index is -3.07. The van der Waals surface area contributed by atoms with Crippen LogP contribution in [0.15, 0.2) is 0 Å². The van der Waals surface area contributed by atoms with E-state index in [0.29, 0.717) is 0 Å². The van der Waals surface area contributed by atoms with Crippen molar-refractivity contribution in [2.24, 2.45) is 5.92 Å². The first kappa shape index (κ1) is 16.4. The van der Waals surface area contributed by atoms with E-state index in [2.05, 4.69) is 10.1 Å². The summed E-state index contributed by atoms with van der Waals surface area (Å²) in [7, 11) is -1.74.